The smallest absolute Gasteiger partial charge is 0.193 e. The van der Waals surface area contributed by atoms with Crippen LogP contribution in [0.25, 0.3) is 22.3 Å². The fraction of sp³-hybridized carbons (Fsp3) is 0. The maximum atomic E-state index is 12.8. The van der Waals surface area contributed by atoms with Crippen molar-refractivity contribution in [3.8, 4) is 45.3 Å². The highest BCUT2D eigenvalue weighted by Crippen LogP contribution is 2.30. The SMILES string of the molecule is O=C(c1ccc(-c2cc(O)cc(O)c2)cc1)c1ccc(-c2cc(O)cc(O)c2)cc1. The second kappa shape index (κ2) is 7.64. The quantitative estimate of drug-likeness (QED) is 0.360. The molecule has 0 bridgehead atoms. The fourth-order valence-electron chi connectivity index (χ4n) is 3.32. The number of hydrogen-bond donors (Lipinski definition) is 4. The van der Waals surface area contributed by atoms with Gasteiger partial charge in [0.15, 0.2) is 5.78 Å². The number of carbonyl (C=O) groups excluding carboxylic acids is 1. The molecule has 0 aromatic heterocycles. The molecule has 5 nitrogen and oxygen atoms in total. The maximum absolute atomic E-state index is 12.8. The molecular weight excluding hydrogens is 380 g/mol. The van der Waals surface area contributed by atoms with Gasteiger partial charge in [0.25, 0.3) is 0 Å². The van der Waals surface area contributed by atoms with Crippen molar-refractivity contribution in [3.63, 3.8) is 0 Å². The first kappa shape index (κ1) is 19.1. The lowest BCUT2D eigenvalue weighted by Gasteiger charge is -2.07. The van der Waals surface area contributed by atoms with E-state index in [1.807, 2.05) is 0 Å². The van der Waals surface area contributed by atoms with Gasteiger partial charge in [-0.2, -0.15) is 0 Å². The van der Waals surface area contributed by atoms with E-state index in [2.05, 4.69) is 0 Å². The van der Waals surface area contributed by atoms with Crippen LogP contribution in [0.4, 0.5) is 0 Å². The van der Waals surface area contributed by atoms with Crippen LogP contribution in [0.5, 0.6) is 23.0 Å². The Kier molecular flexibility index (Phi) is 4.86. The van der Waals surface area contributed by atoms with Crippen LogP contribution < -0.4 is 0 Å². The minimum absolute atomic E-state index is 0.0368. The first-order chi connectivity index (χ1) is 14.4. The number of rotatable bonds is 4. The fourth-order valence-corrected chi connectivity index (χ4v) is 3.32. The summed E-state index contributed by atoms with van der Waals surface area (Å²) in [4.78, 5) is 12.8. The molecule has 4 aromatic rings. The van der Waals surface area contributed by atoms with Gasteiger partial charge in [-0.25, -0.2) is 0 Å². The zero-order chi connectivity index (χ0) is 21.3. The average molecular weight is 398 g/mol. The van der Waals surface area contributed by atoms with E-state index >= 15 is 0 Å². The predicted octanol–water partition coefficient (Wildman–Crippen LogP) is 5.07. The second-order valence-electron chi connectivity index (χ2n) is 6.96. The molecule has 0 amide bonds. The molecular formula is C25H18O5. The molecule has 148 valence electrons. The summed E-state index contributed by atoms with van der Waals surface area (Å²) < 4.78 is 0. The molecule has 0 fully saturated rings. The van der Waals surface area contributed by atoms with E-state index in [1.54, 1.807) is 48.5 Å². The molecule has 0 aliphatic heterocycles. The molecule has 0 heterocycles. The number of aromatic hydroxyl groups is 4. The summed E-state index contributed by atoms with van der Waals surface area (Å²) in [6.07, 6.45) is 0. The first-order valence-corrected chi connectivity index (χ1v) is 9.21. The summed E-state index contributed by atoms with van der Waals surface area (Å²) in [5, 5.41) is 38.6. The monoisotopic (exact) mass is 398 g/mol. The summed E-state index contributed by atoms with van der Waals surface area (Å²) in [6, 6.07) is 22.4. The molecule has 0 aliphatic rings. The summed E-state index contributed by atoms with van der Waals surface area (Å²) >= 11 is 0. The number of phenols is 4. The molecule has 0 aliphatic carbocycles. The van der Waals surface area contributed by atoms with E-state index in [-0.39, 0.29) is 28.8 Å². The average Bonchev–Trinajstić information content (AvgIpc) is 2.72. The van der Waals surface area contributed by atoms with Crippen LogP contribution in [0.2, 0.25) is 0 Å². The lowest BCUT2D eigenvalue weighted by molar-refractivity contribution is 0.103. The summed E-state index contributed by atoms with van der Waals surface area (Å²) in [5.74, 6) is -0.295. The number of hydrogen-bond acceptors (Lipinski definition) is 5. The van der Waals surface area contributed by atoms with Crippen LogP contribution in [0, 0.1) is 0 Å². The zero-order valence-electron chi connectivity index (χ0n) is 15.8. The Hall–Kier alpha value is -4.25. The van der Waals surface area contributed by atoms with Crippen LogP contribution in [-0.2, 0) is 0 Å². The zero-order valence-corrected chi connectivity index (χ0v) is 15.8. The van der Waals surface area contributed by atoms with Crippen molar-refractivity contribution in [2.75, 3.05) is 0 Å². The Morgan fingerprint density at radius 1 is 0.433 bits per heavy atom. The van der Waals surface area contributed by atoms with Crippen LogP contribution in [-0.4, -0.2) is 26.2 Å². The van der Waals surface area contributed by atoms with Crippen molar-refractivity contribution in [3.05, 3.63) is 96.1 Å². The van der Waals surface area contributed by atoms with E-state index in [9.17, 15) is 25.2 Å². The van der Waals surface area contributed by atoms with Gasteiger partial charge in [0.1, 0.15) is 23.0 Å². The normalized spacial score (nSPS) is 10.7. The van der Waals surface area contributed by atoms with Gasteiger partial charge in [0.05, 0.1) is 0 Å². The summed E-state index contributed by atoms with van der Waals surface area (Å²) in [7, 11) is 0. The van der Waals surface area contributed by atoms with Gasteiger partial charge in [0.2, 0.25) is 0 Å². The predicted molar refractivity (Wildman–Crippen MR) is 114 cm³/mol. The van der Waals surface area contributed by atoms with Crippen molar-refractivity contribution in [2.45, 2.75) is 0 Å². The second-order valence-corrected chi connectivity index (χ2v) is 6.96. The number of benzene rings is 4. The molecule has 0 saturated carbocycles. The Labute approximate surface area is 172 Å². The van der Waals surface area contributed by atoms with Crippen molar-refractivity contribution in [1.82, 2.24) is 0 Å². The molecule has 0 atom stereocenters. The van der Waals surface area contributed by atoms with Crippen molar-refractivity contribution < 1.29 is 25.2 Å². The minimum Gasteiger partial charge on any atom is -0.508 e. The van der Waals surface area contributed by atoms with Crippen molar-refractivity contribution in [2.24, 2.45) is 0 Å². The lowest BCUT2D eigenvalue weighted by atomic mass is 9.97. The highest BCUT2D eigenvalue weighted by molar-refractivity contribution is 6.09. The molecule has 4 N–H and O–H groups in total. The summed E-state index contributed by atoms with van der Waals surface area (Å²) in [5.41, 5.74) is 3.82. The van der Waals surface area contributed by atoms with Gasteiger partial charge in [-0.15, -0.1) is 0 Å². The van der Waals surface area contributed by atoms with Gasteiger partial charge in [0, 0.05) is 23.3 Å². The Morgan fingerprint density at radius 3 is 1.03 bits per heavy atom. The third-order valence-electron chi connectivity index (χ3n) is 4.77. The van der Waals surface area contributed by atoms with Crippen molar-refractivity contribution >= 4 is 5.78 Å². The minimum atomic E-state index is -0.148. The van der Waals surface area contributed by atoms with E-state index in [1.165, 1.54) is 36.4 Å². The number of phenolic OH excluding ortho intramolecular Hbond substituents is 4. The number of ketones is 1. The molecule has 0 spiro atoms. The number of carbonyl (C=O) groups is 1. The third-order valence-corrected chi connectivity index (χ3v) is 4.77. The third kappa shape index (κ3) is 3.95. The Bertz CT molecular complexity index is 1090. The van der Waals surface area contributed by atoms with Gasteiger partial charge < -0.3 is 20.4 Å². The van der Waals surface area contributed by atoms with Crippen LogP contribution >= 0.6 is 0 Å². The molecule has 0 radical (unpaired) electrons. The molecule has 0 saturated heterocycles. The van der Waals surface area contributed by atoms with Gasteiger partial charge >= 0.3 is 0 Å². The van der Waals surface area contributed by atoms with E-state index in [0.29, 0.717) is 22.3 Å². The van der Waals surface area contributed by atoms with E-state index in [4.69, 9.17) is 0 Å². The standard InChI is InChI=1S/C25H18O5/c26-21-9-19(10-22(27)13-21)15-1-5-17(6-2-15)25(30)18-7-3-16(4-8-18)20-11-23(28)14-24(29)12-20/h1-14,26-29H. The maximum Gasteiger partial charge on any atom is 0.193 e. The Morgan fingerprint density at radius 2 is 0.733 bits per heavy atom. The van der Waals surface area contributed by atoms with Crippen LogP contribution in [0.15, 0.2) is 84.9 Å². The molecule has 4 rings (SSSR count). The molecule has 4 aromatic carbocycles. The molecule has 0 unspecified atom stereocenters. The molecule has 5 heteroatoms. The van der Waals surface area contributed by atoms with Gasteiger partial charge in [-0.05, 0) is 46.5 Å². The lowest BCUT2D eigenvalue weighted by Crippen LogP contribution is -2.00. The van der Waals surface area contributed by atoms with Gasteiger partial charge in [-0.1, -0.05) is 48.5 Å². The van der Waals surface area contributed by atoms with E-state index < -0.39 is 0 Å². The highest BCUT2D eigenvalue weighted by Gasteiger charge is 2.11. The molecule has 30 heavy (non-hydrogen) atoms. The van der Waals surface area contributed by atoms with E-state index in [0.717, 1.165) is 11.1 Å². The van der Waals surface area contributed by atoms with Crippen LogP contribution in [0.3, 0.4) is 0 Å². The van der Waals surface area contributed by atoms with Crippen molar-refractivity contribution in [1.29, 1.82) is 0 Å². The summed E-state index contributed by atoms with van der Waals surface area (Å²) in [6.45, 7) is 0. The largest absolute Gasteiger partial charge is 0.508 e. The highest BCUT2D eigenvalue weighted by atomic mass is 16.3. The van der Waals surface area contributed by atoms with Gasteiger partial charge in [-0.3, -0.25) is 4.79 Å². The first-order valence-electron chi connectivity index (χ1n) is 9.21. The van der Waals surface area contributed by atoms with Crippen LogP contribution in [0.1, 0.15) is 15.9 Å². The topological polar surface area (TPSA) is 98.0 Å². The Balaban J connectivity index is 1.57.